The molecular formula is C17H17ClN2O. The van der Waals surface area contributed by atoms with E-state index in [1.54, 1.807) is 12.4 Å². The molecule has 0 spiro atoms. The SMILES string of the molecule is O=C(NCCc1ccncc1)C1(c2ccc(Cl)cc2)CC1. The van der Waals surface area contributed by atoms with Crippen molar-refractivity contribution in [3.8, 4) is 0 Å². The van der Waals surface area contributed by atoms with Gasteiger partial charge in [-0.15, -0.1) is 0 Å². The minimum Gasteiger partial charge on any atom is -0.355 e. The molecule has 1 heterocycles. The number of carbonyl (C=O) groups is 1. The van der Waals surface area contributed by atoms with Crippen LogP contribution in [0.3, 0.4) is 0 Å². The van der Waals surface area contributed by atoms with Gasteiger partial charge in [-0.3, -0.25) is 9.78 Å². The van der Waals surface area contributed by atoms with Crippen molar-refractivity contribution in [2.24, 2.45) is 0 Å². The van der Waals surface area contributed by atoms with Gasteiger partial charge < -0.3 is 5.32 Å². The molecule has 1 aromatic heterocycles. The quantitative estimate of drug-likeness (QED) is 0.922. The van der Waals surface area contributed by atoms with Gasteiger partial charge in [0.15, 0.2) is 0 Å². The summed E-state index contributed by atoms with van der Waals surface area (Å²) in [5, 5.41) is 3.76. The summed E-state index contributed by atoms with van der Waals surface area (Å²) in [6, 6.07) is 11.6. The second kappa shape index (κ2) is 5.86. The number of pyridine rings is 1. The number of hydrogen-bond acceptors (Lipinski definition) is 2. The smallest absolute Gasteiger partial charge is 0.230 e. The molecule has 1 saturated carbocycles. The van der Waals surface area contributed by atoms with Gasteiger partial charge in [0.05, 0.1) is 5.41 Å². The average molecular weight is 301 g/mol. The van der Waals surface area contributed by atoms with E-state index in [0.29, 0.717) is 11.6 Å². The van der Waals surface area contributed by atoms with Gasteiger partial charge in [-0.2, -0.15) is 0 Å². The molecule has 1 N–H and O–H groups in total. The van der Waals surface area contributed by atoms with E-state index in [1.807, 2.05) is 36.4 Å². The molecule has 3 nitrogen and oxygen atoms in total. The fourth-order valence-corrected chi connectivity index (χ4v) is 2.71. The largest absolute Gasteiger partial charge is 0.355 e. The summed E-state index contributed by atoms with van der Waals surface area (Å²) in [5.41, 5.74) is 1.91. The van der Waals surface area contributed by atoms with Crippen LogP contribution in [0, 0.1) is 0 Å². The number of benzene rings is 1. The molecule has 0 aliphatic heterocycles. The van der Waals surface area contributed by atoms with Gasteiger partial charge in [0.1, 0.15) is 0 Å². The first-order chi connectivity index (χ1) is 10.2. The Balaban J connectivity index is 1.59. The molecule has 0 atom stereocenters. The Bertz CT molecular complexity index is 621. The first-order valence-corrected chi connectivity index (χ1v) is 7.52. The number of halogens is 1. The Morgan fingerprint density at radius 3 is 2.43 bits per heavy atom. The van der Waals surface area contributed by atoms with Crippen molar-refractivity contribution in [3.05, 3.63) is 64.9 Å². The maximum absolute atomic E-state index is 12.4. The van der Waals surface area contributed by atoms with Crippen molar-refractivity contribution in [3.63, 3.8) is 0 Å². The Morgan fingerprint density at radius 1 is 1.14 bits per heavy atom. The average Bonchev–Trinajstić information content (AvgIpc) is 3.31. The summed E-state index contributed by atoms with van der Waals surface area (Å²) in [4.78, 5) is 16.4. The van der Waals surface area contributed by atoms with Crippen LogP contribution in [0.15, 0.2) is 48.8 Å². The Morgan fingerprint density at radius 2 is 1.81 bits per heavy atom. The molecule has 3 rings (SSSR count). The second-order valence-electron chi connectivity index (χ2n) is 5.45. The van der Waals surface area contributed by atoms with Crippen molar-refractivity contribution in [2.45, 2.75) is 24.7 Å². The number of rotatable bonds is 5. The van der Waals surface area contributed by atoms with E-state index in [4.69, 9.17) is 11.6 Å². The zero-order valence-electron chi connectivity index (χ0n) is 11.7. The summed E-state index contributed by atoms with van der Waals surface area (Å²) >= 11 is 5.91. The third-order valence-corrected chi connectivity index (χ3v) is 4.28. The van der Waals surface area contributed by atoms with Gasteiger partial charge in [-0.1, -0.05) is 23.7 Å². The summed E-state index contributed by atoms with van der Waals surface area (Å²) in [6.45, 7) is 0.651. The van der Waals surface area contributed by atoms with Crippen molar-refractivity contribution in [1.82, 2.24) is 10.3 Å². The van der Waals surface area contributed by atoms with E-state index in [9.17, 15) is 4.79 Å². The number of nitrogens with zero attached hydrogens (tertiary/aromatic N) is 1. The van der Waals surface area contributed by atoms with E-state index in [0.717, 1.165) is 24.8 Å². The van der Waals surface area contributed by atoms with Crippen molar-refractivity contribution >= 4 is 17.5 Å². The van der Waals surface area contributed by atoms with E-state index in [-0.39, 0.29) is 11.3 Å². The number of carbonyl (C=O) groups excluding carboxylic acids is 1. The lowest BCUT2D eigenvalue weighted by Gasteiger charge is -2.16. The van der Waals surface area contributed by atoms with Crippen LogP contribution in [0.4, 0.5) is 0 Å². The molecule has 108 valence electrons. The lowest BCUT2D eigenvalue weighted by atomic mass is 9.95. The first-order valence-electron chi connectivity index (χ1n) is 7.14. The molecule has 2 aromatic rings. The summed E-state index contributed by atoms with van der Waals surface area (Å²) in [5.74, 6) is 0.124. The molecule has 0 unspecified atom stereocenters. The molecule has 1 aliphatic rings. The summed E-state index contributed by atoms with van der Waals surface area (Å²) in [7, 11) is 0. The van der Waals surface area contributed by atoms with E-state index in [2.05, 4.69) is 10.3 Å². The van der Waals surface area contributed by atoms with Crippen LogP contribution in [0.5, 0.6) is 0 Å². The lowest BCUT2D eigenvalue weighted by Crippen LogP contribution is -2.35. The molecule has 1 aliphatic carbocycles. The van der Waals surface area contributed by atoms with Gasteiger partial charge >= 0.3 is 0 Å². The van der Waals surface area contributed by atoms with E-state index in [1.165, 1.54) is 5.56 Å². The molecule has 1 amide bonds. The minimum absolute atomic E-state index is 0.124. The molecule has 0 radical (unpaired) electrons. The number of aromatic nitrogens is 1. The monoisotopic (exact) mass is 300 g/mol. The van der Waals surface area contributed by atoms with Gasteiger partial charge in [0.25, 0.3) is 0 Å². The van der Waals surface area contributed by atoms with Crippen LogP contribution < -0.4 is 5.32 Å². The molecule has 21 heavy (non-hydrogen) atoms. The highest BCUT2D eigenvalue weighted by atomic mass is 35.5. The number of nitrogens with one attached hydrogen (secondary N) is 1. The van der Waals surface area contributed by atoms with Crippen LogP contribution in [-0.4, -0.2) is 17.4 Å². The van der Waals surface area contributed by atoms with Crippen molar-refractivity contribution in [1.29, 1.82) is 0 Å². The van der Waals surface area contributed by atoms with Crippen LogP contribution in [0.2, 0.25) is 5.02 Å². The van der Waals surface area contributed by atoms with Gasteiger partial charge in [-0.05, 0) is 54.7 Å². The highest BCUT2D eigenvalue weighted by Gasteiger charge is 2.50. The summed E-state index contributed by atoms with van der Waals surface area (Å²) in [6.07, 6.45) is 6.19. The number of hydrogen-bond donors (Lipinski definition) is 1. The van der Waals surface area contributed by atoms with Crippen LogP contribution in [0.25, 0.3) is 0 Å². The Kier molecular flexibility index (Phi) is 3.93. The molecule has 0 saturated heterocycles. The predicted molar refractivity (Wildman–Crippen MR) is 83.3 cm³/mol. The van der Waals surface area contributed by atoms with Crippen LogP contribution in [-0.2, 0) is 16.6 Å². The Hall–Kier alpha value is -1.87. The number of amides is 1. The molecule has 1 fully saturated rings. The van der Waals surface area contributed by atoms with Gasteiger partial charge in [0, 0.05) is 24.0 Å². The maximum Gasteiger partial charge on any atom is 0.230 e. The molecule has 0 bridgehead atoms. The normalized spacial score (nSPS) is 15.5. The lowest BCUT2D eigenvalue weighted by molar-refractivity contribution is -0.123. The van der Waals surface area contributed by atoms with Crippen molar-refractivity contribution in [2.75, 3.05) is 6.54 Å². The van der Waals surface area contributed by atoms with Crippen LogP contribution >= 0.6 is 11.6 Å². The third kappa shape index (κ3) is 3.08. The Labute approximate surface area is 129 Å². The zero-order valence-corrected chi connectivity index (χ0v) is 12.4. The molecule has 4 heteroatoms. The van der Waals surface area contributed by atoms with Crippen molar-refractivity contribution < 1.29 is 4.79 Å². The second-order valence-corrected chi connectivity index (χ2v) is 5.89. The van der Waals surface area contributed by atoms with Crippen LogP contribution in [0.1, 0.15) is 24.0 Å². The van der Waals surface area contributed by atoms with Gasteiger partial charge in [0.2, 0.25) is 5.91 Å². The highest BCUT2D eigenvalue weighted by molar-refractivity contribution is 6.30. The standard InChI is InChI=1S/C17H17ClN2O/c18-15-3-1-14(2-4-15)17(8-9-17)16(21)20-12-7-13-5-10-19-11-6-13/h1-6,10-11H,7-9,12H2,(H,20,21). The van der Waals surface area contributed by atoms with Gasteiger partial charge in [-0.25, -0.2) is 0 Å². The molecule has 1 aromatic carbocycles. The fourth-order valence-electron chi connectivity index (χ4n) is 2.58. The maximum atomic E-state index is 12.4. The zero-order chi connectivity index (χ0) is 14.7. The predicted octanol–water partition coefficient (Wildman–Crippen LogP) is 3.13. The van der Waals surface area contributed by atoms with E-state index < -0.39 is 0 Å². The summed E-state index contributed by atoms with van der Waals surface area (Å²) < 4.78 is 0. The molecular weight excluding hydrogens is 284 g/mol. The first kappa shape index (κ1) is 14.1. The fraction of sp³-hybridized carbons (Fsp3) is 0.294. The highest BCUT2D eigenvalue weighted by Crippen LogP contribution is 2.48. The topological polar surface area (TPSA) is 42.0 Å². The van der Waals surface area contributed by atoms with E-state index >= 15 is 0 Å². The third-order valence-electron chi connectivity index (χ3n) is 4.03. The minimum atomic E-state index is -0.331.